The number of likely N-dealkylation sites (tertiary alicyclic amines) is 1. The molecule has 2 aromatic rings. The molecule has 0 atom stereocenters. The van der Waals surface area contributed by atoms with E-state index < -0.39 is 4.92 Å². The molecular formula is C21H20ClFN4O5. The molecule has 0 aromatic heterocycles. The highest BCUT2D eigenvalue weighted by molar-refractivity contribution is 6.31. The average molecular weight is 463 g/mol. The number of hydrogen-bond donors (Lipinski definition) is 1. The molecule has 1 fully saturated rings. The van der Waals surface area contributed by atoms with Gasteiger partial charge >= 0.3 is 0 Å². The van der Waals surface area contributed by atoms with E-state index in [0.717, 1.165) is 5.56 Å². The third-order valence-corrected chi connectivity index (χ3v) is 5.82. The minimum absolute atomic E-state index is 0.00408. The second-order valence-electron chi connectivity index (χ2n) is 7.54. The summed E-state index contributed by atoms with van der Waals surface area (Å²) in [5.41, 5.74) is 3.31. The number of hydrogen-bond acceptors (Lipinski definition) is 7. The lowest BCUT2D eigenvalue weighted by Gasteiger charge is -2.31. The van der Waals surface area contributed by atoms with E-state index in [4.69, 9.17) is 21.1 Å². The number of rotatable bonds is 6. The molecule has 9 nitrogen and oxygen atoms in total. The molecule has 0 radical (unpaired) electrons. The van der Waals surface area contributed by atoms with Crippen molar-refractivity contribution < 1.29 is 23.6 Å². The van der Waals surface area contributed by atoms with Crippen LogP contribution in [0.1, 0.15) is 24.0 Å². The summed E-state index contributed by atoms with van der Waals surface area (Å²) in [6.07, 6.45) is 2.48. The van der Waals surface area contributed by atoms with Crippen molar-refractivity contribution >= 4 is 29.4 Å². The second kappa shape index (κ2) is 9.49. The fraction of sp³-hybridized carbons (Fsp3) is 0.333. The number of nitro groups is 1. The highest BCUT2D eigenvalue weighted by Crippen LogP contribution is 2.37. The first-order valence-electron chi connectivity index (χ1n) is 9.98. The van der Waals surface area contributed by atoms with Gasteiger partial charge < -0.3 is 9.47 Å². The molecule has 0 unspecified atom stereocenters. The molecule has 0 aliphatic carbocycles. The fourth-order valence-corrected chi connectivity index (χ4v) is 3.94. The Morgan fingerprint density at radius 2 is 2.00 bits per heavy atom. The highest BCUT2D eigenvalue weighted by atomic mass is 35.5. The molecule has 2 aliphatic heterocycles. The number of fused-ring (bicyclic) bond motifs is 1. The highest BCUT2D eigenvalue weighted by Gasteiger charge is 2.26. The molecular weight excluding hydrogens is 443 g/mol. The molecule has 2 aliphatic rings. The Balaban J connectivity index is 1.31. The van der Waals surface area contributed by atoms with E-state index in [-0.39, 0.29) is 35.7 Å². The van der Waals surface area contributed by atoms with Gasteiger partial charge in [0.15, 0.2) is 11.5 Å². The topological polar surface area (TPSA) is 106 Å². The van der Waals surface area contributed by atoms with E-state index in [9.17, 15) is 19.3 Å². The molecule has 0 spiro atoms. The normalized spacial score (nSPS) is 16.4. The van der Waals surface area contributed by atoms with Gasteiger partial charge in [-0.1, -0.05) is 17.7 Å². The zero-order chi connectivity index (χ0) is 22.7. The van der Waals surface area contributed by atoms with Crippen molar-refractivity contribution in [3.63, 3.8) is 0 Å². The van der Waals surface area contributed by atoms with E-state index in [1.165, 1.54) is 30.5 Å². The van der Waals surface area contributed by atoms with Crippen LogP contribution < -0.4 is 14.9 Å². The standard InChI is InChI=1S/C21H20ClFN4O5/c22-17-8-16(23)2-1-14(17)11-26-5-3-13(4-6-26)21(28)25-24-10-15-7-19-20(32-12-31-19)9-18(15)27(29)30/h1-2,7-10,13H,3-6,11-12H2,(H,25,28)/b24-10+. The summed E-state index contributed by atoms with van der Waals surface area (Å²) in [6.45, 7) is 1.95. The van der Waals surface area contributed by atoms with Crippen LogP contribution >= 0.6 is 11.6 Å². The van der Waals surface area contributed by atoms with Gasteiger partial charge in [-0.2, -0.15) is 5.10 Å². The molecule has 32 heavy (non-hydrogen) atoms. The van der Waals surface area contributed by atoms with Crippen LogP contribution in [0.4, 0.5) is 10.1 Å². The lowest BCUT2D eigenvalue weighted by atomic mass is 9.96. The smallest absolute Gasteiger partial charge is 0.282 e. The van der Waals surface area contributed by atoms with Gasteiger partial charge in [-0.25, -0.2) is 9.82 Å². The Hall–Kier alpha value is -3.24. The number of carbonyl (C=O) groups excluding carboxylic acids is 1. The van der Waals surface area contributed by atoms with Crippen molar-refractivity contribution in [3.8, 4) is 11.5 Å². The van der Waals surface area contributed by atoms with Gasteiger partial charge in [-0.05, 0) is 49.7 Å². The monoisotopic (exact) mass is 462 g/mol. The van der Waals surface area contributed by atoms with E-state index in [0.29, 0.717) is 49.0 Å². The Labute approximate surface area is 187 Å². The van der Waals surface area contributed by atoms with Crippen LogP contribution in [0.15, 0.2) is 35.4 Å². The molecule has 4 rings (SSSR count). The zero-order valence-corrected chi connectivity index (χ0v) is 17.7. The summed E-state index contributed by atoms with van der Waals surface area (Å²) in [7, 11) is 0. The van der Waals surface area contributed by atoms with Crippen LogP contribution in [0.25, 0.3) is 0 Å². The van der Waals surface area contributed by atoms with Gasteiger partial charge in [0.1, 0.15) is 5.82 Å². The number of nitro benzene ring substituents is 1. The molecule has 1 amide bonds. The molecule has 0 saturated carbocycles. The lowest BCUT2D eigenvalue weighted by molar-refractivity contribution is -0.385. The molecule has 11 heteroatoms. The predicted octanol–water partition coefficient (Wildman–Crippen LogP) is 3.48. The summed E-state index contributed by atoms with van der Waals surface area (Å²) < 4.78 is 23.6. The van der Waals surface area contributed by atoms with Crippen molar-refractivity contribution in [2.24, 2.45) is 11.0 Å². The number of ether oxygens (including phenoxy) is 2. The van der Waals surface area contributed by atoms with Gasteiger partial charge in [0.05, 0.1) is 22.8 Å². The Bertz CT molecular complexity index is 1070. The number of nitrogens with one attached hydrogen (secondary N) is 1. The van der Waals surface area contributed by atoms with Gasteiger partial charge in [0, 0.05) is 17.5 Å². The van der Waals surface area contributed by atoms with E-state index >= 15 is 0 Å². The third-order valence-electron chi connectivity index (χ3n) is 5.46. The number of benzene rings is 2. The Kier molecular flexibility index (Phi) is 6.52. The van der Waals surface area contributed by atoms with Crippen LogP contribution in [0.2, 0.25) is 5.02 Å². The van der Waals surface area contributed by atoms with Crippen LogP contribution in [0, 0.1) is 21.8 Å². The van der Waals surface area contributed by atoms with Crippen LogP contribution in [0.5, 0.6) is 11.5 Å². The largest absolute Gasteiger partial charge is 0.454 e. The summed E-state index contributed by atoms with van der Waals surface area (Å²) in [4.78, 5) is 25.4. The first kappa shape index (κ1) is 22.0. The first-order valence-corrected chi connectivity index (χ1v) is 10.4. The molecule has 168 valence electrons. The number of amides is 1. The van der Waals surface area contributed by atoms with Crippen LogP contribution in [0.3, 0.4) is 0 Å². The van der Waals surface area contributed by atoms with Gasteiger partial charge in [-0.3, -0.25) is 19.8 Å². The number of hydrazone groups is 1. The molecule has 1 N–H and O–H groups in total. The minimum Gasteiger partial charge on any atom is -0.454 e. The zero-order valence-electron chi connectivity index (χ0n) is 16.9. The van der Waals surface area contributed by atoms with Crippen molar-refractivity contribution in [1.82, 2.24) is 10.3 Å². The van der Waals surface area contributed by atoms with E-state index in [1.54, 1.807) is 6.07 Å². The Morgan fingerprint density at radius 3 is 2.69 bits per heavy atom. The molecule has 1 saturated heterocycles. The van der Waals surface area contributed by atoms with Crippen molar-refractivity contribution in [3.05, 3.63) is 62.4 Å². The van der Waals surface area contributed by atoms with Crippen LogP contribution in [-0.2, 0) is 11.3 Å². The Morgan fingerprint density at radius 1 is 1.28 bits per heavy atom. The number of halogens is 2. The quantitative estimate of drug-likeness (QED) is 0.400. The average Bonchev–Trinajstić information content (AvgIpc) is 3.23. The minimum atomic E-state index is -0.547. The van der Waals surface area contributed by atoms with E-state index in [1.807, 2.05) is 0 Å². The van der Waals surface area contributed by atoms with Crippen molar-refractivity contribution in [1.29, 1.82) is 0 Å². The maximum atomic E-state index is 13.2. The van der Waals surface area contributed by atoms with Gasteiger partial charge in [0.25, 0.3) is 5.69 Å². The summed E-state index contributed by atoms with van der Waals surface area (Å²) in [5.74, 6) is -0.160. The predicted molar refractivity (Wildman–Crippen MR) is 114 cm³/mol. The SMILES string of the molecule is O=C(N/N=C/c1cc2c(cc1[N+](=O)[O-])OCO2)C1CCN(Cc2ccc(F)cc2Cl)CC1. The maximum Gasteiger partial charge on any atom is 0.282 e. The number of nitrogens with zero attached hydrogens (tertiary/aromatic N) is 3. The summed E-state index contributed by atoms with van der Waals surface area (Å²) >= 11 is 6.09. The summed E-state index contributed by atoms with van der Waals surface area (Å²) in [6, 6.07) is 7.06. The van der Waals surface area contributed by atoms with Crippen LogP contribution in [-0.4, -0.2) is 41.8 Å². The molecule has 2 heterocycles. The summed E-state index contributed by atoms with van der Waals surface area (Å²) in [5, 5.41) is 15.6. The third kappa shape index (κ3) is 4.97. The van der Waals surface area contributed by atoms with E-state index in [2.05, 4.69) is 15.4 Å². The fourth-order valence-electron chi connectivity index (χ4n) is 3.71. The lowest BCUT2D eigenvalue weighted by Crippen LogP contribution is -2.39. The van der Waals surface area contributed by atoms with Gasteiger partial charge in [0.2, 0.25) is 12.7 Å². The van der Waals surface area contributed by atoms with Gasteiger partial charge in [-0.15, -0.1) is 0 Å². The van der Waals surface area contributed by atoms with Crippen molar-refractivity contribution in [2.45, 2.75) is 19.4 Å². The molecule has 2 aromatic carbocycles. The first-order chi connectivity index (χ1) is 15.4. The number of piperidine rings is 1. The second-order valence-corrected chi connectivity index (χ2v) is 7.95. The van der Waals surface area contributed by atoms with Crippen molar-refractivity contribution in [2.75, 3.05) is 19.9 Å². The number of carbonyl (C=O) groups is 1. The maximum absolute atomic E-state index is 13.2. The molecule has 0 bridgehead atoms.